The summed E-state index contributed by atoms with van der Waals surface area (Å²) in [5.41, 5.74) is 2.07. The van der Waals surface area contributed by atoms with Gasteiger partial charge in [0.1, 0.15) is 132 Å². The molecule has 8 heterocycles. The van der Waals surface area contributed by atoms with Crippen molar-refractivity contribution in [3.8, 4) is 57.1 Å². The van der Waals surface area contributed by atoms with Crippen LogP contribution in [0.1, 0.15) is 195 Å². The summed E-state index contributed by atoms with van der Waals surface area (Å²) in [6.45, 7) is 6.09. The normalized spacial score (nSPS) is 29.2. The van der Waals surface area contributed by atoms with E-state index in [1.807, 2.05) is 13.8 Å². The summed E-state index contributed by atoms with van der Waals surface area (Å²) in [6.07, 6.45) is -32.0. The highest BCUT2D eigenvalue weighted by Crippen LogP contribution is 2.51. The molecule has 0 spiro atoms. The van der Waals surface area contributed by atoms with Crippen molar-refractivity contribution >= 4 is 76.0 Å². The van der Waals surface area contributed by atoms with Gasteiger partial charge in [0.2, 0.25) is 47.5 Å². The van der Waals surface area contributed by atoms with Crippen LogP contribution in [0.5, 0.6) is 46.0 Å². The van der Waals surface area contributed by atoms with Crippen LogP contribution in [0.4, 0.5) is 0 Å². The van der Waals surface area contributed by atoms with Crippen LogP contribution >= 0.6 is 23.2 Å². The minimum Gasteiger partial charge on any atom is -0.508 e. The van der Waals surface area contributed by atoms with Gasteiger partial charge in [-0.25, -0.2) is 0 Å². The third-order valence-electron chi connectivity index (χ3n) is 25.7. The van der Waals surface area contributed by atoms with Gasteiger partial charge < -0.3 is 168 Å². The number of halogens is 2. The van der Waals surface area contributed by atoms with Gasteiger partial charge in [0.05, 0.1) is 60.0 Å². The smallest absolute Gasteiger partial charge is 0.247 e. The molecule has 0 radical (unpaired) electrons. The maximum atomic E-state index is 16.6. The van der Waals surface area contributed by atoms with Gasteiger partial charge in [0, 0.05) is 61.4 Å². The summed E-state index contributed by atoms with van der Waals surface area (Å²) in [7, 11) is 1.48. The number of phenolic OH excluding ortho intramolecular Hbond substituents is 3. The summed E-state index contributed by atoms with van der Waals surface area (Å²) in [5, 5.41) is 210. The maximum absolute atomic E-state index is 16.6. The Bertz CT molecular complexity index is 5100. The molecular formula is C94H126Cl2N8O34. The molecule has 6 amide bonds. The fourth-order valence-corrected chi connectivity index (χ4v) is 18.4. The summed E-state index contributed by atoms with van der Waals surface area (Å²) in [4.78, 5) is 136. The minimum absolute atomic E-state index is 0.110. The van der Waals surface area contributed by atoms with Crippen LogP contribution in [0.25, 0.3) is 11.1 Å². The van der Waals surface area contributed by atoms with Gasteiger partial charge in [0.15, 0.2) is 47.5 Å². The number of ether oxygens (including phenoxy) is 8. The van der Waals surface area contributed by atoms with E-state index >= 15 is 28.8 Å². The van der Waals surface area contributed by atoms with E-state index in [0.29, 0.717) is 6.54 Å². The summed E-state index contributed by atoms with van der Waals surface area (Å²) in [6, 6.07) is 4.29. The highest BCUT2D eigenvalue weighted by molar-refractivity contribution is 6.32. The quantitative estimate of drug-likeness (QED) is 0.0248. The molecule has 5 aromatic rings. The molecule has 0 aliphatic carbocycles. The van der Waals surface area contributed by atoms with Crippen LogP contribution in [-0.2, 0) is 66.8 Å². The molecule has 760 valence electrons. The number of hydrogen-bond donors (Lipinski definition) is 25. The molecule has 8 unspecified atom stereocenters. The number of benzene rings is 5. The molecule has 44 heteroatoms. The number of phenols is 3. The zero-order chi connectivity index (χ0) is 101. The zero-order valence-electron chi connectivity index (χ0n) is 76.8. The lowest BCUT2D eigenvalue weighted by molar-refractivity contribution is -0.334. The number of Topliss-reactive ketones (excluding diaryl/α,β-unsaturated/α-hetero) is 3. The third-order valence-corrected chi connectivity index (χ3v) is 26.3. The van der Waals surface area contributed by atoms with Crippen molar-refractivity contribution in [3.05, 3.63) is 117 Å². The van der Waals surface area contributed by atoms with Crippen molar-refractivity contribution in [1.29, 1.82) is 0 Å². The Balaban J connectivity index is 1.02. The van der Waals surface area contributed by atoms with Crippen molar-refractivity contribution in [2.45, 2.75) is 296 Å². The molecule has 3 fully saturated rings. The van der Waals surface area contributed by atoms with Gasteiger partial charge in [-0.1, -0.05) is 107 Å². The Hall–Kier alpha value is -9.53. The van der Waals surface area contributed by atoms with Crippen LogP contribution in [0.2, 0.25) is 10.0 Å². The van der Waals surface area contributed by atoms with Crippen LogP contribution in [-0.4, -0.2) is 308 Å². The molecule has 26 N–H and O–H groups in total. The van der Waals surface area contributed by atoms with E-state index in [4.69, 9.17) is 66.8 Å². The standard InChI is InChI=1S/C94H126Cl2N8O34/c1-7-8-9-10-11-12-13-15-25-100-94(5)37-68(131-42(4)86(94)125)136-85-81(123)78(120)66(40-107)135-93(85)138-84-63-31-46-32-64(84)133-62-23-20-45(29-53(62)96)75(117)73-91(130)102-71(90(129)99-24-16-14-17-56(110)76(118)80(122)83(60(114)38-105)137-92-82(124)79(121)77(119)65(39-106)134-92)51-34-48(108)35-57(111)69(51)50-27-43(18-21-55(50)109)49(88(127)104-73)36-59(113)70(46)101-87(126)47(33-67(97)115)30-58(112)72(103-89(128)54(98-6)26-41(2)3)74(116)44-19-22-61(132-63)52(95)28-44/h18-23,27-29,31-32,34-35,41-42,47,49,54,60,65-66,68,70-83,85-86,92-93,98,100,105-109,111,114,116-125H,7-17,24-26,30,33,36-40H2,1-6H3,(H2,97,115)(H,99,129)(H,101,126)(H,102,130)(H,103,128)(H,104,127)/t42?,47-,49+,54+,60+,65?,66?,68-,70+,71-,72-,73-,74+,75+,76-,77?,78-,79?,80+,81?,82+,83+,85?,86-,92?,93+,94+/m0/s1. The van der Waals surface area contributed by atoms with E-state index in [1.54, 1.807) is 13.8 Å². The Labute approximate surface area is 804 Å². The number of nitrogens with one attached hydrogen (secondary N) is 7. The van der Waals surface area contributed by atoms with Crippen molar-refractivity contribution in [2.75, 3.05) is 40.0 Å². The number of ketones is 3. The lowest BCUT2D eigenvalue weighted by atomic mass is 9.84. The molecule has 27 atom stereocenters. The average molecular weight is 1980 g/mol. The number of aliphatic hydroxyl groups excluding tert-OH is 14. The van der Waals surface area contributed by atoms with Crippen molar-refractivity contribution in [2.24, 2.45) is 17.6 Å². The van der Waals surface area contributed by atoms with Crippen LogP contribution in [0, 0.1) is 11.8 Å². The monoisotopic (exact) mass is 1980 g/mol. The predicted molar refractivity (Wildman–Crippen MR) is 486 cm³/mol. The van der Waals surface area contributed by atoms with Crippen molar-refractivity contribution in [1.82, 2.24) is 37.2 Å². The molecular weight excluding hydrogens is 1860 g/mol. The van der Waals surface area contributed by atoms with Crippen LogP contribution in [0.15, 0.2) is 78.9 Å². The fraction of sp³-hybridized carbons (Fsp3) is 0.585. The highest BCUT2D eigenvalue weighted by Gasteiger charge is 2.54. The highest BCUT2D eigenvalue weighted by atomic mass is 35.5. The summed E-state index contributed by atoms with van der Waals surface area (Å²) in [5.74, 6) is -19.8. The van der Waals surface area contributed by atoms with E-state index in [2.05, 4.69) is 44.1 Å². The van der Waals surface area contributed by atoms with Gasteiger partial charge >= 0.3 is 0 Å². The number of aliphatic hydroxyl groups is 14. The molecule has 3 saturated heterocycles. The molecule has 0 saturated carbocycles. The molecule has 0 aromatic heterocycles. The van der Waals surface area contributed by atoms with E-state index < -0.39 is 336 Å². The largest absolute Gasteiger partial charge is 0.508 e. The van der Waals surface area contributed by atoms with Gasteiger partial charge in [-0.15, -0.1) is 0 Å². The first-order chi connectivity index (χ1) is 65.5. The van der Waals surface area contributed by atoms with Gasteiger partial charge in [0.25, 0.3) is 0 Å². The first-order valence-electron chi connectivity index (χ1n) is 46.1. The first kappa shape index (κ1) is 109. The molecule has 5 aromatic carbocycles. The number of carbonyl (C=O) groups is 9. The Kier molecular flexibility index (Phi) is 38.5. The molecule has 11 bridgehead atoms. The first-order valence-corrected chi connectivity index (χ1v) is 46.8. The van der Waals surface area contributed by atoms with Crippen molar-refractivity contribution < 1.29 is 168 Å². The second kappa shape index (κ2) is 48.8. The number of primary amides is 1. The summed E-state index contributed by atoms with van der Waals surface area (Å²) < 4.78 is 50.5. The molecule has 42 nitrogen and oxygen atoms in total. The Morgan fingerprint density at radius 3 is 1.86 bits per heavy atom. The average Bonchev–Trinajstić information content (AvgIpc) is 0.759. The number of likely N-dealkylation sites (N-methyl/N-ethyl adjacent to an activating group) is 1. The zero-order valence-corrected chi connectivity index (χ0v) is 78.3. The van der Waals surface area contributed by atoms with E-state index in [9.17, 15) is 101 Å². The number of amides is 6. The lowest BCUT2D eigenvalue weighted by Gasteiger charge is -2.48. The summed E-state index contributed by atoms with van der Waals surface area (Å²) >= 11 is 14.5. The maximum Gasteiger partial charge on any atom is 0.247 e. The molecule has 138 heavy (non-hydrogen) atoms. The SMILES string of the molecule is CCCCCCCCCCN[C@]1(C)C[C@H](OC2C(O)[C@@H](O)C(CO)O[C@@H]2Oc2c3cc4cc2Oc2ccc(cc2Cl)[C@@H](O)[C@@H](NC(=O)[C@@H](CC(C)C)NC)C(=O)C[C@@H](CC(N)=O)C(=O)N[C@H]4C(=O)C[C@H]2C(=O)N[C@H](C(=O)N[C@H](C(=O)NCCCCC(=O)[C@H](O)[C@@H](O)[C@H](OC4OC(CO)C(O)C(O)[C@H]4O)[C@H](O)CO)c4cc(O)cc(O)c4-c4cc2ccc4O)[C@H](O)c2ccc(c(Cl)c2)O3)OC(C)[C@@H]1O. The van der Waals surface area contributed by atoms with Crippen molar-refractivity contribution in [3.63, 3.8) is 0 Å². The number of aromatic hydroxyl groups is 3. The third kappa shape index (κ3) is 26.0. The predicted octanol–water partition coefficient (Wildman–Crippen LogP) is 0.885. The second-order valence-electron chi connectivity index (χ2n) is 36.5. The van der Waals surface area contributed by atoms with Gasteiger partial charge in [-0.2, -0.15) is 0 Å². The number of fused-ring (bicyclic) bond motifs is 15. The number of rotatable bonds is 36. The molecule has 8 aliphatic rings. The second-order valence-corrected chi connectivity index (χ2v) is 37.3. The van der Waals surface area contributed by atoms with E-state index in [1.165, 1.54) is 19.2 Å². The van der Waals surface area contributed by atoms with E-state index in [-0.39, 0.29) is 59.1 Å². The minimum atomic E-state index is -2.42. The molecule has 8 aliphatic heterocycles. The fourth-order valence-electron chi connectivity index (χ4n) is 17.9. The number of unbranched alkanes of at least 4 members (excludes halogenated alkanes) is 8. The van der Waals surface area contributed by atoms with Gasteiger partial charge in [-0.05, 0) is 141 Å². The van der Waals surface area contributed by atoms with Crippen LogP contribution in [0.3, 0.4) is 0 Å². The molecule has 13 rings (SSSR count). The van der Waals surface area contributed by atoms with Gasteiger partial charge in [-0.3, -0.25) is 43.2 Å². The Morgan fingerprint density at radius 2 is 1.25 bits per heavy atom. The number of carbonyl (C=O) groups excluding carboxylic acids is 9. The van der Waals surface area contributed by atoms with Crippen LogP contribution < -0.4 is 57.2 Å². The number of hydrogen-bond acceptors (Lipinski definition) is 36. The lowest BCUT2D eigenvalue weighted by Crippen LogP contribution is -2.65. The Morgan fingerprint density at radius 1 is 0.638 bits per heavy atom. The van der Waals surface area contributed by atoms with E-state index in [0.717, 1.165) is 118 Å². The number of nitrogens with two attached hydrogens (primary N) is 1. The topological polar surface area (TPSA) is 682 Å².